The van der Waals surface area contributed by atoms with Gasteiger partial charge in [-0.25, -0.2) is 4.90 Å². The van der Waals surface area contributed by atoms with Gasteiger partial charge < -0.3 is 0 Å². The zero-order chi connectivity index (χ0) is 19.8. The number of aromatic nitrogens is 3. The Kier molecular flexibility index (Phi) is 5.39. The number of amides is 1. The molecular formula is C19H18BrN4O2S2+. The number of para-hydroxylation sites is 1. The van der Waals surface area contributed by atoms with Gasteiger partial charge in [0.05, 0.1) is 19.9 Å². The van der Waals surface area contributed by atoms with Crippen LogP contribution in [0.3, 0.4) is 0 Å². The number of fused-ring (bicyclic) bond motifs is 3. The second kappa shape index (κ2) is 7.81. The van der Waals surface area contributed by atoms with Gasteiger partial charge in [0.15, 0.2) is 0 Å². The molecule has 0 spiro atoms. The number of rotatable bonds is 4. The Labute approximate surface area is 178 Å². The van der Waals surface area contributed by atoms with Gasteiger partial charge in [0.25, 0.3) is 0 Å². The predicted molar refractivity (Wildman–Crippen MR) is 115 cm³/mol. The van der Waals surface area contributed by atoms with Gasteiger partial charge >= 0.3 is 17.4 Å². The lowest BCUT2D eigenvalue weighted by atomic mass is 10.0. The summed E-state index contributed by atoms with van der Waals surface area (Å²) in [6, 6.07) is 11.4. The molecule has 1 aromatic carbocycles. The topological polar surface area (TPSA) is 69.9 Å². The molecule has 0 saturated heterocycles. The summed E-state index contributed by atoms with van der Waals surface area (Å²) < 4.78 is 2.66. The summed E-state index contributed by atoms with van der Waals surface area (Å²) in [7, 11) is 0. The molecule has 0 saturated carbocycles. The largest absolute Gasteiger partial charge is 0.325 e. The highest BCUT2D eigenvalue weighted by Crippen LogP contribution is 2.39. The van der Waals surface area contributed by atoms with Crippen LogP contribution in [-0.4, -0.2) is 21.7 Å². The number of thiophene rings is 1. The molecule has 1 aliphatic heterocycles. The molecule has 144 valence electrons. The van der Waals surface area contributed by atoms with Gasteiger partial charge in [-0.15, -0.1) is 11.3 Å². The Morgan fingerprint density at radius 2 is 2.11 bits per heavy atom. The van der Waals surface area contributed by atoms with E-state index in [-0.39, 0.29) is 11.5 Å². The van der Waals surface area contributed by atoms with Gasteiger partial charge in [-0.2, -0.15) is 0 Å². The van der Waals surface area contributed by atoms with E-state index < -0.39 is 6.17 Å². The molecular weight excluding hydrogens is 460 g/mol. The predicted octanol–water partition coefficient (Wildman–Crippen LogP) is 3.96. The van der Waals surface area contributed by atoms with Crippen molar-refractivity contribution >= 4 is 50.6 Å². The fourth-order valence-corrected chi connectivity index (χ4v) is 5.42. The molecule has 2 aromatic heterocycles. The molecule has 4 rings (SSSR count). The Morgan fingerprint density at radius 3 is 2.79 bits per heavy atom. The summed E-state index contributed by atoms with van der Waals surface area (Å²) in [5, 5.41) is 5.26. The average molecular weight is 478 g/mol. The third kappa shape index (κ3) is 3.21. The van der Waals surface area contributed by atoms with Crippen molar-refractivity contribution < 1.29 is 9.48 Å². The average Bonchev–Trinajstić information content (AvgIpc) is 3.12. The van der Waals surface area contributed by atoms with E-state index in [0.717, 1.165) is 20.1 Å². The minimum atomic E-state index is -0.507. The van der Waals surface area contributed by atoms with Gasteiger partial charge in [0.1, 0.15) is 0 Å². The minimum absolute atomic E-state index is 0.0214. The molecule has 9 heteroatoms. The molecule has 6 nitrogen and oxygen atoms in total. The number of benzene rings is 1. The first-order chi connectivity index (χ1) is 13.5. The number of anilines is 1. The summed E-state index contributed by atoms with van der Waals surface area (Å²) in [5.41, 5.74) is 1.69. The van der Waals surface area contributed by atoms with Crippen LogP contribution in [0, 0.1) is 0 Å². The number of nitrogens with zero attached hydrogens (tertiary/aromatic N) is 3. The van der Waals surface area contributed by atoms with Crippen molar-refractivity contribution in [1.82, 2.24) is 10.1 Å². The first kappa shape index (κ1) is 19.4. The summed E-state index contributed by atoms with van der Waals surface area (Å²) in [4.78, 5) is 31.6. The van der Waals surface area contributed by atoms with Crippen LogP contribution < -0.4 is 15.1 Å². The highest BCUT2D eigenvalue weighted by Gasteiger charge is 2.45. The zero-order valence-electron chi connectivity index (χ0n) is 15.3. The highest BCUT2D eigenvalue weighted by atomic mass is 79.9. The number of H-pyrrole nitrogens is 1. The van der Waals surface area contributed by atoms with E-state index in [0.29, 0.717) is 22.8 Å². The maximum Gasteiger partial charge on any atom is 0.325 e. The van der Waals surface area contributed by atoms with Crippen LogP contribution in [0.1, 0.15) is 31.3 Å². The van der Waals surface area contributed by atoms with Crippen molar-refractivity contribution in [3.05, 3.63) is 55.4 Å². The number of hydrogen-bond acceptors (Lipinski definition) is 5. The third-order valence-corrected chi connectivity index (χ3v) is 6.87. The number of carbonyl (C=O) groups excluding carboxylic acids is 1. The molecule has 0 fully saturated rings. The first-order valence-corrected chi connectivity index (χ1v) is 11.5. The van der Waals surface area contributed by atoms with E-state index in [1.807, 2.05) is 50.2 Å². The molecule has 3 aromatic rings. The molecule has 3 heterocycles. The monoisotopic (exact) mass is 477 g/mol. The van der Waals surface area contributed by atoms with Crippen molar-refractivity contribution in [1.29, 1.82) is 0 Å². The molecule has 0 unspecified atom stereocenters. The second-order valence-electron chi connectivity index (χ2n) is 6.14. The van der Waals surface area contributed by atoms with Crippen LogP contribution in [0.15, 0.2) is 50.1 Å². The van der Waals surface area contributed by atoms with Crippen LogP contribution in [-0.2, 0) is 4.79 Å². The summed E-state index contributed by atoms with van der Waals surface area (Å²) >= 11 is 6.51. The Hall–Kier alpha value is -1.97. The standard InChI is InChI=1S/C19H17BrN4O2S2/c1-3-15(25)23-12-8-6-5-7-11(12)16-17(26)21-19(27-4-2)22-24(16)18(23)13-9-10-14(20)28-13/h5-10,18H,3-4H2,1-2H3/p+1/t18-/m1/s1. The minimum Gasteiger partial charge on any atom is -0.291 e. The first-order valence-electron chi connectivity index (χ1n) is 8.90. The molecule has 0 bridgehead atoms. The molecule has 0 radical (unpaired) electrons. The summed E-state index contributed by atoms with van der Waals surface area (Å²) in [6.07, 6.45) is -0.153. The normalized spacial score (nSPS) is 15.2. The van der Waals surface area contributed by atoms with Crippen molar-refractivity contribution in [2.24, 2.45) is 0 Å². The number of thioether (sulfide) groups is 1. The van der Waals surface area contributed by atoms with Crippen LogP contribution in [0.4, 0.5) is 5.69 Å². The maximum absolute atomic E-state index is 13.0. The number of aromatic amines is 1. The number of hydrogen-bond donors (Lipinski definition) is 1. The van der Waals surface area contributed by atoms with Gasteiger partial charge in [-0.3, -0.25) is 14.6 Å². The Morgan fingerprint density at radius 1 is 1.32 bits per heavy atom. The van der Waals surface area contributed by atoms with Crippen molar-refractivity contribution in [2.45, 2.75) is 31.6 Å². The highest BCUT2D eigenvalue weighted by molar-refractivity contribution is 9.11. The number of carbonyl (C=O) groups is 1. The molecule has 28 heavy (non-hydrogen) atoms. The van der Waals surface area contributed by atoms with Gasteiger partial charge in [0, 0.05) is 11.5 Å². The van der Waals surface area contributed by atoms with Crippen LogP contribution in [0.2, 0.25) is 0 Å². The lowest BCUT2D eigenvalue weighted by Crippen LogP contribution is -2.60. The fourth-order valence-electron chi connectivity index (χ4n) is 3.34. The lowest BCUT2D eigenvalue weighted by molar-refractivity contribution is -0.762. The zero-order valence-corrected chi connectivity index (χ0v) is 18.5. The SMILES string of the molecule is CCSc1n[n+]2c(c(=O)[nH]1)-c1ccccc1N(C(=O)CC)[C@H]2c1ccc(Br)s1. The molecule has 1 N–H and O–H groups in total. The van der Waals surface area contributed by atoms with Crippen molar-refractivity contribution in [3.63, 3.8) is 0 Å². The molecule has 1 aliphatic rings. The third-order valence-electron chi connectivity index (χ3n) is 4.46. The van der Waals surface area contributed by atoms with E-state index >= 15 is 0 Å². The molecule has 0 aliphatic carbocycles. The molecule has 1 amide bonds. The summed E-state index contributed by atoms with van der Waals surface area (Å²) in [6.45, 7) is 3.85. The molecule has 1 atom stereocenters. The fraction of sp³-hybridized carbons (Fsp3) is 0.263. The van der Waals surface area contributed by atoms with E-state index in [9.17, 15) is 9.59 Å². The smallest absolute Gasteiger partial charge is 0.291 e. The number of halogens is 1. The van der Waals surface area contributed by atoms with Gasteiger partial charge in [0.2, 0.25) is 11.1 Å². The number of nitrogens with one attached hydrogen (secondary N) is 1. The van der Waals surface area contributed by atoms with E-state index in [1.54, 1.807) is 9.58 Å². The van der Waals surface area contributed by atoms with Gasteiger partial charge in [-0.05, 0) is 50.6 Å². The summed E-state index contributed by atoms with van der Waals surface area (Å²) in [5.74, 6) is 0.762. The quantitative estimate of drug-likeness (QED) is 0.455. The van der Waals surface area contributed by atoms with Crippen molar-refractivity contribution in [2.75, 3.05) is 10.7 Å². The Bertz CT molecular complexity index is 1110. The Balaban J connectivity index is 2.06. The van der Waals surface area contributed by atoms with E-state index in [4.69, 9.17) is 5.10 Å². The van der Waals surface area contributed by atoms with Crippen molar-refractivity contribution in [3.8, 4) is 11.3 Å². The maximum atomic E-state index is 13.0. The van der Waals surface area contributed by atoms with Crippen LogP contribution in [0.5, 0.6) is 0 Å². The van der Waals surface area contributed by atoms with E-state index in [1.165, 1.54) is 23.1 Å². The van der Waals surface area contributed by atoms with E-state index in [2.05, 4.69) is 20.9 Å². The van der Waals surface area contributed by atoms with Gasteiger partial charge in [-0.1, -0.05) is 37.7 Å². The lowest BCUT2D eigenvalue weighted by Gasteiger charge is -2.31. The van der Waals surface area contributed by atoms with Crippen LogP contribution >= 0.6 is 39.0 Å². The van der Waals surface area contributed by atoms with Crippen LogP contribution in [0.25, 0.3) is 11.3 Å². The second-order valence-corrected chi connectivity index (χ2v) is 9.88.